The minimum Gasteiger partial charge on any atom is -0.495 e. The predicted octanol–water partition coefficient (Wildman–Crippen LogP) is 5.16. The van der Waals surface area contributed by atoms with Crippen molar-refractivity contribution in [2.45, 2.75) is 18.7 Å². The number of halogens is 1. The maximum atomic E-state index is 13.9. The number of carbonyl (C=O) groups excluding carboxylic acids is 1. The second-order valence-electron chi connectivity index (χ2n) is 8.44. The van der Waals surface area contributed by atoms with Gasteiger partial charge in [-0.05, 0) is 61.6 Å². The number of amides is 1. The van der Waals surface area contributed by atoms with Crippen molar-refractivity contribution in [3.8, 4) is 17.2 Å². The number of ether oxygens (including phenoxy) is 3. The molecule has 2 bridgehead atoms. The van der Waals surface area contributed by atoms with Crippen LogP contribution in [-0.4, -0.2) is 31.0 Å². The molecule has 0 aliphatic carbocycles. The molecule has 2 heterocycles. The molecular weight excluding hydrogens is 486 g/mol. The Hall–Kier alpha value is -3.49. The number of nitrogens with one attached hydrogen (secondary N) is 2. The summed E-state index contributed by atoms with van der Waals surface area (Å²) in [6, 6.07) is 19.6. The quantitative estimate of drug-likeness (QED) is 0.460. The summed E-state index contributed by atoms with van der Waals surface area (Å²) in [4.78, 5) is 15.7. The van der Waals surface area contributed by atoms with Crippen LogP contribution < -0.4 is 29.7 Å². The van der Waals surface area contributed by atoms with Crippen LogP contribution in [0.15, 0.2) is 66.7 Å². The van der Waals surface area contributed by atoms with Crippen LogP contribution in [0.4, 0.5) is 11.4 Å². The largest absolute Gasteiger partial charge is 0.495 e. The molecule has 180 valence electrons. The van der Waals surface area contributed by atoms with Gasteiger partial charge in [0.05, 0.1) is 25.9 Å². The lowest BCUT2D eigenvalue weighted by atomic mass is 9.78. The standard InChI is InChI=1S/C26H24ClN3O4S/c1-26-21(24(31)28-16-13-11-15(27)12-14-16)22(17-7-6-10-20(33-3)23(17)34-26)29-25(35)30(26)18-8-4-5-9-19(18)32-2/h4-14,21-22H,1-3H3,(H,28,31)(H,29,35)/t21-,22-,26-/m0/s1. The smallest absolute Gasteiger partial charge is 0.236 e. The number of hydrogen-bond acceptors (Lipinski definition) is 5. The molecule has 3 atom stereocenters. The van der Waals surface area contributed by atoms with Crippen molar-refractivity contribution < 1.29 is 19.0 Å². The van der Waals surface area contributed by atoms with E-state index in [-0.39, 0.29) is 5.91 Å². The number of benzene rings is 3. The predicted molar refractivity (Wildman–Crippen MR) is 140 cm³/mol. The molecule has 1 amide bonds. The monoisotopic (exact) mass is 509 g/mol. The van der Waals surface area contributed by atoms with Crippen molar-refractivity contribution in [3.63, 3.8) is 0 Å². The highest BCUT2D eigenvalue weighted by atomic mass is 35.5. The van der Waals surface area contributed by atoms with Gasteiger partial charge in [0.1, 0.15) is 11.7 Å². The lowest BCUT2D eigenvalue weighted by Gasteiger charge is -2.56. The van der Waals surface area contributed by atoms with E-state index in [1.165, 1.54) is 0 Å². The fourth-order valence-electron chi connectivity index (χ4n) is 4.86. The number of thiocarbonyl (C=S) groups is 1. The first-order chi connectivity index (χ1) is 16.9. The van der Waals surface area contributed by atoms with Gasteiger partial charge in [-0.3, -0.25) is 9.69 Å². The molecule has 35 heavy (non-hydrogen) atoms. The summed E-state index contributed by atoms with van der Waals surface area (Å²) in [5.74, 6) is 0.804. The Balaban J connectivity index is 1.66. The molecule has 5 rings (SSSR count). The molecule has 9 heteroatoms. The summed E-state index contributed by atoms with van der Waals surface area (Å²) in [6.07, 6.45) is 0. The summed E-state index contributed by atoms with van der Waals surface area (Å²) >= 11 is 11.8. The Kier molecular flexibility index (Phi) is 5.94. The Morgan fingerprint density at radius 1 is 1.06 bits per heavy atom. The van der Waals surface area contributed by atoms with Crippen molar-refractivity contribution in [2.75, 3.05) is 24.4 Å². The van der Waals surface area contributed by atoms with E-state index in [9.17, 15) is 4.79 Å². The highest BCUT2D eigenvalue weighted by Gasteiger charge is 2.60. The molecule has 0 aromatic heterocycles. The van der Waals surface area contributed by atoms with Crippen LogP contribution in [0.3, 0.4) is 0 Å². The van der Waals surface area contributed by atoms with Crippen molar-refractivity contribution in [3.05, 3.63) is 77.3 Å². The molecule has 1 saturated heterocycles. The first-order valence-electron chi connectivity index (χ1n) is 11.0. The van der Waals surface area contributed by atoms with Crippen LogP contribution in [0.25, 0.3) is 0 Å². The van der Waals surface area contributed by atoms with Gasteiger partial charge in [0.2, 0.25) is 5.91 Å². The summed E-state index contributed by atoms with van der Waals surface area (Å²) in [7, 11) is 3.18. The van der Waals surface area contributed by atoms with Gasteiger partial charge < -0.3 is 24.8 Å². The third-order valence-electron chi connectivity index (χ3n) is 6.43. The number of rotatable bonds is 5. The van der Waals surface area contributed by atoms with E-state index < -0.39 is 17.7 Å². The van der Waals surface area contributed by atoms with Gasteiger partial charge in [0.15, 0.2) is 22.3 Å². The molecule has 3 aromatic carbocycles. The second kappa shape index (κ2) is 8.94. The Morgan fingerprint density at radius 2 is 1.74 bits per heavy atom. The number of fused-ring (bicyclic) bond motifs is 4. The molecule has 0 radical (unpaired) electrons. The normalized spacial score (nSPS) is 22.4. The molecule has 3 aromatic rings. The van der Waals surface area contributed by atoms with E-state index in [1.54, 1.807) is 43.4 Å². The number of anilines is 2. The number of hydrogen-bond donors (Lipinski definition) is 2. The molecule has 0 saturated carbocycles. The van der Waals surface area contributed by atoms with Crippen LogP contribution in [0, 0.1) is 5.92 Å². The van der Waals surface area contributed by atoms with E-state index in [4.69, 9.17) is 38.0 Å². The van der Waals surface area contributed by atoms with E-state index in [0.717, 1.165) is 5.56 Å². The van der Waals surface area contributed by atoms with Gasteiger partial charge in [-0.2, -0.15) is 0 Å². The average Bonchev–Trinajstić information content (AvgIpc) is 2.85. The summed E-state index contributed by atoms with van der Waals surface area (Å²) < 4.78 is 17.9. The molecule has 2 N–H and O–H groups in total. The topological polar surface area (TPSA) is 72.1 Å². The first kappa shape index (κ1) is 23.3. The van der Waals surface area contributed by atoms with Crippen molar-refractivity contribution in [1.29, 1.82) is 0 Å². The third-order valence-corrected chi connectivity index (χ3v) is 6.98. The Labute approximate surface area is 213 Å². The second-order valence-corrected chi connectivity index (χ2v) is 9.27. The van der Waals surface area contributed by atoms with E-state index >= 15 is 0 Å². The molecule has 1 fully saturated rings. The maximum Gasteiger partial charge on any atom is 0.236 e. The lowest BCUT2D eigenvalue weighted by Crippen LogP contribution is -2.72. The van der Waals surface area contributed by atoms with Crippen LogP contribution in [0.5, 0.6) is 17.2 Å². The van der Waals surface area contributed by atoms with Gasteiger partial charge in [-0.25, -0.2) is 0 Å². The van der Waals surface area contributed by atoms with Gasteiger partial charge >= 0.3 is 0 Å². The molecule has 2 aliphatic heterocycles. The molecule has 0 unspecified atom stereocenters. The molecule has 2 aliphatic rings. The van der Waals surface area contributed by atoms with Crippen LogP contribution >= 0.6 is 23.8 Å². The highest BCUT2D eigenvalue weighted by Crippen LogP contribution is 2.53. The van der Waals surface area contributed by atoms with Gasteiger partial charge in [-0.15, -0.1) is 0 Å². The maximum absolute atomic E-state index is 13.9. The van der Waals surface area contributed by atoms with Gasteiger partial charge in [-0.1, -0.05) is 35.9 Å². The Bertz CT molecular complexity index is 1300. The zero-order chi connectivity index (χ0) is 24.7. The van der Waals surface area contributed by atoms with Crippen molar-refractivity contribution >= 4 is 46.2 Å². The fourth-order valence-corrected chi connectivity index (χ4v) is 5.40. The number of para-hydroxylation sites is 3. The summed E-state index contributed by atoms with van der Waals surface area (Å²) in [5.41, 5.74) is 0.889. The minimum absolute atomic E-state index is 0.233. The van der Waals surface area contributed by atoms with E-state index in [1.807, 2.05) is 49.4 Å². The van der Waals surface area contributed by atoms with E-state index in [2.05, 4.69) is 10.6 Å². The van der Waals surface area contributed by atoms with Crippen LogP contribution in [0.2, 0.25) is 5.02 Å². The number of nitrogens with zero attached hydrogens (tertiary/aromatic N) is 1. The Morgan fingerprint density at radius 3 is 2.46 bits per heavy atom. The van der Waals surface area contributed by atoms with E-state index in [0.29, 0.717) is 38.8 Å². The molecule has 0 spiro atoms. The molecular formula is C26H24ClN3O4S. The van der Waals surface area contributed by atoms with Gasteiger partial charge in [0.25, 0.3) is 0 Å². The fraction of sp³-hybridized carbons (Fsp3) is 0.231. The van der Waals surface area contributed by atoms with Crippen LogP contribution in [-0.2, 0) is 4.79 Å². The minimum atomic E-state index is -1.21. The summed E-state index contributed by atoms with van der Waals surface area (Å²) in [5, 5.41) is 7.42. The van der Waals surface area contributed by atoms with Crippen LogP contribution in [0.1, 0.15) is 18.5 Å². The molecule has 7 nitrogen and oxygen atoms in total. The zero-order valence-corrected chi connectivity index (χ0v) is 20.9. The third kappa shape index (κ3) is 3.83. The number of carbonyl (C=O) groups is 1. The highest BCUT2D eigenvalue weighted by molar-refractivity contribution is 7.80. The zero-order valence-electron chi connectivity index (χ0n) is 19.4. The van der Waals surface area contributed by atoms with Gasteiger partial charge in [0, 0.05) is 16.3 Å². The van der Waals surface area contributed by atoms with Crippen molar-refractivity contribution in [1.82, 2.24) is 5.32 Å². The SMILES string of the molecule is COc1ccccc1N1C(=S)N[C@H]2c3cccc(OC)c3O[C@@]1(C)[C@@H]2C(=O)Nc1ccc(Cl)cc1. The summed E-state index contributed by atoms with van der Waals surface area (Å²) in [6.45, 7) is 1.86. The number of methoxy groups -OCH3 is 2. The van der Waals surface area contributed by atoms with Crippen molar-refractivity contribution in [2.24, 2.45) is 5.92 Å². The first-order valence-corrected chi connectivity index (χ1v) is 11.8. The average molecular weight is 510 g/mol. The lowest BCUT2D eigenvalue weighted by molar-refractivity contribution is -0.130.